The molecule has 0 spiro atoms. The van der Waals surface area contributed by atoms with E-state index in [4.69, 9.17) is 24.1 Å². The highest BCUT2D eigenvalue weighted by molar-refractivity contribution is 7.92. The first kappa shape index (κ1) is 21.3. The molecule has 160 valence electrons. The van der Waals surface area contributed by atoms with Crippen LogP contribution in [-0.2, 0) is 14.8 Å². The van der Waals surface area contributed by atoms with Crippen molar-refractivity contribution < 1.29 is 37.3 Å². The van der Waals surface area contributed by atoms with Crippen LogP contribution in [0.5, 0.6) is 23.0 Å². The van der Waals surface area contributed by atoms with E-state index in [1.54, 1.807) is 12.1 Å². The van der Waals surface area contributed by atoms with E-state index in [2.05, 4.69) is 4.72 Å². The molecule has 2 aromatic carbocycles. The summed E-state index contributed by atoms with van der Waals surface area (Å²) < 4.78 is 50.3. The van der Waals surface area contributed by atoms with Gasteiger partial charge in [0.1, 0.15) is 4.90 Å². The third-order valence-corrected chi connectivity index (χ3v) is 5.56. The normalized spacial score (nSPS) is 13.5. The van der Waals surface area contributed by atoms with Crippen molar-refractivity contribution in [2.75, 3.05) is 32.2 Å². The molecule has 3 rings (SSSR count). The Morgan fingerprint density at radius 3 is 2.50 bits per heavy atom. The van der Waals surface area contributed by atoms with Crippen LogP contribution in [0, 0.1) is 0 Å². The first-order valence-electron chi connectivity index (χ1n) is 8.93. The molecular formula is C20H21NO8S. The molecule has 2 aromatic rings. The number of carboxylic acid groups (broad SMARTS) is 1. The number of ether oxygens (including phenoxy) is 4. The number of nitrogens with one attached hydrogen (secondary N) is 1. The quantitative estimate of drug-likeness (QED) is 0.637. The number of methoxy groups -OCH3 is 2. The number of sulfonamides is 1. The van der Waals surface area contributed by atoms with E-state index in [9.17, 15) is 13.2 Å². The van der Waals surface area contributed by atoms with Crippen LogP contribution in [0.4, 0.5) is 5.69 Å². The Bertz CT molecular complexity index is 1080. The molecule has 30 heavy (non-hydrogen) atoms. The van der Waals surface area contributed by atoms with E-state index in [1.807, 2.05) is 0 Å². The van der Waals surface area contributed by atoms with Crippen LogP contribution in [0.1, 0.15) is 12.0 Å². The van der Waals surface area contributed by atoms with Gasteiger partial charge >= 0.3 is 5.97 Å². The van der Waals surface area contributed by atoms with Crippen LogP contribution < -0.4 is 23.7 Å². The lowest BCUT2D eigenvalue weighted by molar-refractivity contribution is -0.131. The second kappa shape index (κ2) is 8.95. The van der Waals surface area contributed by atoms with Gasteiger partial charge in [0, 0.05) is 18.6 Å². The van der Waals surface area contributed by atoms with Gasteiger partial charge in [-0.1, -0.05) is 0 Å². The van der Waals surface area contributed by atoms with Gasteiger partial charge in [0.15, 0.2) is 23.0 Å². The molecule has 0 radical (unpaired) electrons. The van der Waals surface area contributed by atoms with Crippen molar-refractivity contribution in [1.82, 2.24) is 0 Å². The van der Waals surface area contributed by atoms with Gasteiger partial charge in [0.05, 0.1) is 33.1 Å². The minimum absolute atomic E-state index is 0.00758. The molecule has 0 saturated carbocycles. The van der Waals surface area contributed by atoms with Gasteiger partial charge in [-0.2, -0.15) is 0 Å². The fraction of sp³-hybridized carbons (Fsp3) is 0.250. The Labute approximate surface area is 173 Å². The number of fused-ring (bicyclic) bond motifs is 1. The smallest absolute Gasteiger partial charge is 0.328 e. The van der Waals surface area contributed by atoms with Crippen LogP contribution in [-0.4, -0.2) is 46.9 Å². The first-order valence-corrected chi connectivity index (χ1v) is 10.4. The lowest BCUT2D eigenvalue weighted by Gasteiger charge is -2.16. The summed E-state index contributed by atoms with van der Waals surface area (Å²) in [6, 6.07) is 7.50. The molecule has 0 aromatic heterocycles. The summed E-state index contributed by atoms with van der Waals surface area (Å²) in [7, 11) is -1.44. The van der Waals surface area contributed by atoms with Crippen LogP contribution in [0.15, 0.2) is 41.3 Å². The van der Waals surface area contributed by atoms with E-state index in [0.29, 0.717) is 30.3 Å². The lowest BCUT2D eigenvalue weighted by Crippen LogP contribution is -2.15. The Balaban J connectivity index is 2.01. The van der Waals surface area contributed by atoms with Crippen molar-refractivity contribution in [2.24, 2.45) is 0 Å². The Morgan fingerprint density at radius 2 is 1.83 bits per heavy atom. The summed E-state index contributed by atoms with van der Waals surface area (Å²) in [5.74, 6) is -0.0544. The molecule has 9 nitrogen and oxygen atoms in total. The number of benzene rings is 2. The molecule has 1 heterocycles. The van der Waals surface area contributed by atoms with E-state index < -0.39 is 16.0 Å². The van der Waals surface area contributed by atoms with Crippen molar-refractivity contribution >= 4 is 27.8 Å². The number of carboxylic acids is 1. The van der Waals surface area contributed by atoms with E-state index in [0.717, 1.165) is 12.5 Å². The molecule has 10 heteroatoms. The van der Waals surface area contributed by atoms with Gasteiger partial charge < -0.3 is 24.1 Å². The molecule has 0 aliphatic carbocycles. The Kier molecular flexibility index (Phi) is 6.36. The second-order valence-electron chi connectivity index (χ2n) is 6.24. The average Bonchev–Trinajstić information content (AvgIpc) is 2.96. The first-order chi connectivity index (χ1) is 14.3. The molecule has 1 aliphatic rings. The second-order valence-corrected chi connectivity index (χ2v) is 7.89. The fourth-order valence-electron chi connectivity index (χ4n) is 2.85. The van der Waals surface area contributed by atoms with Crippen LogP contribution in [0.25, 0.3) is 6.08 Å². The van der Waals surface area contributed by atoms with Crippen molar-refractivity contribution in [3.63, 3.8) is 0 Å². The van der Waals surface area contributed by atoms with Gasteiger partial charge in [-0.15, -0.1) is 0 Å². The molecule has 0 atom stereocenters. The maximum absolute atomic E-state index is 13.1. The average molecular weight is 435 g/mol. The highest BCUT2D eigenvalue weighted by Crippen LogP contribution is 2.38. The van der Waals surface area contributed by atoms with Gasteiger partial charge in [0.2, 0.25) is 0 Å². The van der Waals surface area contributed by atoms with Crippen molar-refractivity contribution in [1.29, 1.82) is 0 Å². The molecule has 0 bridgehead atoms. The van der Waals surface area contributed by atoms with Gasteiger partial charge in [-0.3, -0.25) is 4.72 Å². The SMILES string of the molecule is COc1cc(/C=C/C(=O)O)cc(S(=O)(=O)Nc2ccc3c(c2)OCCCO3)c1OC. The fourth-order valence-corrected chi connectivity index (χ4v) is 4.12. The molecule has 0 fully saturated rings. The van der Waals surface area contributed by atoms with Gasteiger partial charge in [0.25, 0.3) is 10.0 Å². The molecule has 1 aliphatic heterocycles. The molecule has 0 amide bonds. The van der Waals surface area contributed by atoms with Crippen molar-refractivity contribution in [3.05, 3.63) is 42.0 Å². The minimum Gasteiger partial charge on any atom is -0.493 e. The zero-order chi connectivity index (χ0) is 21.7. The van der Waals surface area contributed by atoms with Crippen LogP contribution in [0.2, 0.25) is 0 Å². The van der Waals surface area contributed by atoms with Crippen molar-refractivity contribution in [3.8, 4) is 23.0 Å². The molecule has 0 saturated heterocycles. The summed E-state index contributed by atoms with van der Waals surface area (Å²) in [5.41, 5.74) is 0.584. The third kappa shape index (κ3) is 4.77. The number of anilines is 1. The van der Waals surface area contributed by atoms with Crippen molar-refractivity contribution in [2.45, 2.75) is 11.3 Å². The zero-order valence-electron chi connectivity index (χ0n) is 16.4. The Morgan fingerprint density at radius 1 is 1.10 bits per heavy atom. The minimum atomic E-state index is -4.12. The summed E-state index contributed by atoms with van der Waals surface area (Å²) in [4.78, 5) is 10.6. The maximum Gasteiger partial charge on any atom is 0.328 e. The number of hydrogen-bond donors (Lipinski definition) is 2. The molecule has 0 unspecified atom stereocenters. The number of rotatable bonds is 7. The number of aliphatic carboxylic acids is 1. The summed E-state index contributed by atoms with van der Waals surface area (Å²) in [5, 5.41) is 8.85. The lowest BCUT2D eigenvalue weighted by atomic mass is 10.2. The summed E-state index contributed by atoms with van der Waals surface area (Å²) >= 11 is 0. The summed E-state index contributed by atoms with van der Waals surface area (Å²) in [6.07, 6.45) is 2.88. The summed E-state index contributed by atoms with van der Waals surface area (Å²) in [6.45, 7) is 0.984. The highest BCUT2D eigenvalue weighted by atomic mass is 32.2. The van der Waals surface area contributed by atoms with E-state index >= 15 is 0 Å². The third-order valence-electron chi connectivity index (χ3n) is 4.17. The van der Waals surface area contributed by atoms with Gasteiger partial charge in [-0.25, -0.2) is 13.2 Å². The predicted molar refractivity (Wildman–Crippen MR) is 109 cm³/mol. The Hall–Kier alpha value is -3.40. The largest absolute Gasteiger partial charge is 0.493 e. The number of hydrogen-bond acceptors (Lipinski definition) is 7. The van der Waals surface area contributed by atoms with E-state index in [-0.39, 0.29) is 22.1 Å². The zero-order valence-corrected chi connectivity index (χ0v) is 17.2. The predicted octanol–water partition coefficient (Wildman–Crippen LogP) is 2.76. The standard InChI is InChI=1S/C20H21NO8S/c1-26-17-10-13(4-7-19(22)23)11-18(20(17)27-2)30(24,25)21-14-5-6-15-16(12-14)29-9-3-8-28-15/h4-7,10-12,21H,3,8-9H2,1-2H3,(H,22,23)/b7-4+. The highest BCUT2D eigenvalue weighted by Gasteiger charge is 2.24. The van der Waals surface area contributed by atoms with Crippen LogP contribution in [0.3, 0.4) is 0 Å². The molecule has 2 N–H and O–H groups in total. The van der Waals surface area contributed by atoms with Crippen LogP contribution >= 0.6 is 0 Å². The number of carbonyl (C=O) groups is 1. The van der Waals surface area contributed by atoms with E-state index in [1.165, 1.54) is 38.5 Å². The maximum atomic E-state index is 13.1. The monoisotopic (exact) mass is 435 g/mol. The molecular weight excluding hydrogens is 414 g/mol. The van der Waals surface area contributed by atoms with Gasteiger partial charge in [-0.05, 0) is 35.9 Å². The topological polar surface area (TPSA) is 120 Å².